The van der Waals surface area contributed by atoms with E-state index in [2.05, 4.69) is 6.92 Å². The van der Waals surface area contributed by atoms with E-state index in [4.69, 9.17) is 5.11 Å². The number of aliphatic hydroxyl groups is 1. The van der Waals surface area contributed by atoms with Crippen molar-refractivity contribution in [2.75, 3.05) is 6.61 Å². The van der Waals surface area contributed by atoms with E-state index in [1.165, 1.54) is 76.3 Å². The predicted molar refractivity (Wildman–Crippen MR) is 111 cm³/mol. The predicted octanol–water partition coefficient (Wildman–Crippen LogP) is 7.16. The van der Waals surface area contributed by atoms with E-state index in [9.17, 15) is 8.78 Å². The second-order valence-corrected chi connectivity index (χ2v) is 9.41. The third-order valence-electron chi connectivity index (χ3n) is 7.49. The van der Waals surface area contributed by atoms with Gasteiger partial charge in [-0.2, -0.15) is 0 Å². The molecule has 3 rings (SSSR count). The summed E-state index contributed by atoms with van der Waals surface area (Å²) in [6, 6.07) is 3.02. The lowest BCUT2D eigenvalue weighted by Gasteiger charge is -2.32. The molecule has 0 aromatic heterocycles. The Labute approximate surface area is 169 Å². The van der Waals surface area contributed by atoms with Crippen molar-refractivity contribution in [2.24, 2.45) is 17.8 Å². The van der Waals surface area contributed by atoms with Crippen molar-refractivity contribution >= 4 is 0 Å². The summed E-state index contributed by atoms with van der Waals surface area (Å²) in [7, 11) is 0. The van der Waals surface area contributed by atoms with E-state index in [0.717, 1.165) is 36.2 Å². The van der Waals surface area contributed by atoms with Crippen LogP contribution in [-0.4, -0.2) is 11.7 Å². The van der Waals surface area contributed by atoms with Gasteiger partial charge < -0.3 is 5.11 Å². The third kappa shape index (κ3) is 5.78. The molecule has 1 N–H and O–H groups in total. The van der Waals surface area contributed by atoms with Gasteiger partial charge in [0.05, 0.1) is 0 Å². The van der Waals surface area contributed by atoms with Crippen LogP contribution in [0, 0.1) is 29.4 Å². The van der Waals surface area contributed by atoms with Crippen molar-refractivity contribution in [3.05, 3.63) is 34.9 Å². The molecule has 2 saturated carbocycles. The van der Waals surface area contributed by atoms with E-state index >= 15 is 0 Å². The fraction of sp³-hybridized carbons (Fsp3) is 0.760. The van der Waals surface area contributed by atoms with Crippen LogP contribution < -0.4 is 0 Å². The van der Waals surface area contributed by atoms with Gasteiger partial charge in [0.1, 0.15) is 11.6 Å². The van der Waals surface area contributed by atoms with Crippen LogP contribution in [0.3, 0.4) is 0 Å². The highest BCUT2D eigenvalue weighted by Crippen LogP contribution is 2.40. The van der Waals surface area contributed by atoms with Crippen molar-refractivity contribution < 1.29 is 13.9 Å². The highest BCUT2D eigenvalue weighted by atomic mass is 19.1. The molecule has 1 aromatic rings. The van der Waals surface area contributed by atoms with E-state index in [-0.39, 0.29) is 24.5 Å². The Hall–Kier alpha value is -0.960. The topological polar surface area (TPSA) is 20.2 Å². The molecule has 3 heteroatoms. The zero-order valence-corrected chi connectivity index (χ0v) is 17.6. The van der Waals surface area contributed by atoms with Crippen LogP contribution in [0.5, 0.6) is 0 Å². The number of hydrogen-bond donors (Lipinski definition) is 1. The van der Waals surface area contributed by atoms with Gasteiger partial charge in [0, 0.05) is 18.6 Å². The summed E-state index contributed by atoms with van der Waals surface area (Å²) < 4.78 is 28.4. The number of benzene rings is 1. The van der Waals surface area contributed by atoms with E-state index in [1.807, 2.05) is 0 Å². The lowest BCUT2D eigenvalue weighted by atomic mass is 9.74. The van der Waals surface area contributed by atoms with E-state index in [0.29, 0.717) is 0 Å². The summed E-state index contributed by atoms with van der Waals surface area (Å²) >= 11 is 0. The minimum absolute atomic E-state index is 0.0218. The minimum atomic E-state index is -0.496. The molecule has 28 heavy (non-hydrogen) atoms. The largest absolute Gasteiger partial charge is 0.396 e. The van der Waals surface area contributed by atoms with Gasteiger partial charge in [0.25, 0.3) is 0 Å². The molecule has 2 aliphatic carbocycles. The third-order valence-corrected chi connectivity index (χ3v) is 7.49. The van der Waals surface area contributed by atoms with Gasteiger partial charge in [-0.05, 0) is 67.1 Å². The van der Waals surface area contributed by atoms with E-state index < -0.39 is 11.6 Å². The Morgan fingerprint density at radius 2 is 1.25 bits per heavy atom. The van der Waals surface area contributed by atoms with Crippen molar-refractivity contribution in [3.63, 3.8) is 0 Å². The lowest BCUT2D eigenvalue weighted by molar-refractivity contribution is 0.224. The highest BCUT2D eigenvalue weighted by Gasteiger charge is 2.26. The average Bonchev–Trinajstić information content (AvgIpc) is 2.71. The van der Waals surface area contributed by atoms with Gasteiger partial charge in [-0.3, -0.25) is 0 Å². The average molecular weight is 393 g/mol. The number of hydrogen-bond acceptors (Lipinski definition) is 1. The van der Waals surface area contributed by atoms with E-state index in [1.54, 1.807) is 0 Å². The molecule has 0 saturated heterocycles. The molecule has 158 valence electrons. The standard InChI is InChI=1S/C25H38F2O/c1-2-3-18-4-6-19(7-5-18)8-9-20-10-12-21(13-11-20)22-16-24(26)23(14-15-28)25(27)17-22/h16-21,28H,2-15H2,1H3. The molecule has 1 aromatic carbocycles. The second kappa shape index (κ2) is 10.7. The summed E-state index contributed by atoms with van der Waals surface area (Å²) in [5.41, 5.74) is 0.831. The Morgan fingerprint density at radius 3 is 1.71 bits per heavy atom. The SMILES string of the molecule is CCCC1CCC(CCC2CCC(c3cc(F)c(CCO)c(F)c3)CC2)CC1. The molecule has 0 atom stereocenters. The zero-order chi connectivity index (χ0) is 19.9. The zero-order valence-electron chi connectivity index (χ0n) is 17.6. The Morgan fingerprint density at radius 1 is 0.786 bits per heavy atom. The summed E-state index contributed by atoms with van der Waals surface area (Å²) in [6.45, 7) is 2.08. The van der Waals surface area contributed by atoms with Gasteiger partial charge in [0.15, 0.2) is 0 Å². The molecule has 0 heterocycles. The monoisotopic (exact) mass is 392 g/mol. The number of aliphatic hydroxyl groups excluding tert-OH is 1. The van der Waals surface area contributed by atoms with Gasteiger partial charge in [-0.15, -0.1) is 0 Å². The van der Waals surface area contributed by atoms with Crippen LogP contribution >= 0.6 is 0 Å². The van der Waals surface area contributed by atoms with Gasteiger partial charge in [-0.1, -0.05) is 58.3 Å². The summed E-state index contributed by atoms with van der Waals surface area (Å²) in [4.78, 5) is 0. The van der Waals surface area contributed by atoms with Crippen LogP contribution in [0.1, 0.15) is 101 Å². The Bertz CT molecular complexity index is 576. The smallest absolute Gasteiger partial charge is 0.129 e. The van der Waals surface area contributed by atoms with Crippen molar-refractivity contribution in [1.82, 2.24) is 0 Å². The molecule has 0 spiro atoms. The van der Waals surface area contributed by atoms with Crippen LogP contribution in [0.2, 0.25) is 0 Å². The summed E-state index contributed by atoms with van der Waals surface area (Å²) in [6.07, 6.45) is 15.7. The maximum Gasteiger partial charge on any atom is 0.129 e. The first-order chi connectivity index (χ1) is 13.6. The van der Waals surface area contributed by atoms with Gasteiger partial charge in [-0.25, -0.2) is 8.78 Å². The van der Waals surface area contributed by atoms with Crippen molar-refractivity contribution in [1.29, 1.82) is 0 Å². The molecule has 1 nitrogen and oxygen atoms in total. The molecular formula is C25H38F2O. The van der Waals surface area contributed by atoms with Crippen LogP contribution in [0.15, 0.2) is 12.1 Å². The van der Waals surface area contributed by atoms with Crippen LogP contribution in [0.4, 0.5) is 8.78 Å². The normalized spacial score (nSPS) is 28.4. The molecule has 0 aliphatic heterocycles. The number of rotatable bonds is 8. The second-order valence-electron chi connectivity index (χ2n) is 9.41. The minimum Gasteiger partial charge on any atom is -0.396 e. The molecule has 0 bridgehead atoms. The van der Waals surface area contributed by atoms with Crippen LogP contribution in [0.25, 0.3) is 0 Å². The highest BCUT2D eigenvalue weighted by molar-refractivity contribution is 5.29. The molecule has 0 radical (unpaired) electrons. The first-order valence-corrected chi connectivity index (χ1v) is 11.7. The molecular weight excluding hydrogens is 354 g/mol. The quantitative estimate of drug-likeness (QED) is 0.497. The van der Waals surface area contributed by atoms with Crippen molar-refractivity contribution in [3.8, 4) is 0 Å². The molecule has 0 amide bonds. The maximum absolute atomic E-state index is 14.2. The fourth-order valence-corrected chi connectivity index (χ4v) is 5.68. The first-order valence-electron chi connectivity index (χ1n) is 11.7. The van der Waals surface area contributed by atoms with Gasteiger partial charge >= 0.3 is 0 Å². The van der Waals surface area contributed by atoms with Crippen molar-refractivity contribution in [2.45, 2.75) is 96.3 Å². The summed E-state index contributed by atoms with van der Waals surface area (Å²) in [5, 5.41) is 8.96. The number of halogens is 2. The molecule has 2 aliphatic rings. The lowest BCUT2D eigenvalue weighted by Crippen LogP contribution is -2.18. The Kier molecular flexibility index (Phi) is 8.32. The molecule has 2 fully saturated rings. The maximum atomic E-state index is 14.2. The Balaban J connectivity index is 1.42. The van der Waals surface area contributed by atoms with Gasteiger partial charge in [0.2, 0.25) is 0 Å². The van der Waals surface area contributed by atoms with Crippen LogP contribution in [-0.2, 0) is 6.42 Å². The molecule has 0 unspecified atom stereocenters. The summed E-state index contributed by atoms with van der Waals surface area (Å²) in [5.74, 6) is 2.02. The first kappa shape index (κ1) is 21.7. The fourth-order valence-electron chi connectivity index (χ4n) is 5.68.